The van der Waals surface area contributed by atoms with Crippen LogP contribution in [0.25, 0.3) is 0 Å². The molecule has 0 radical (unpaired) electrons. The molecule has 2 rings (SSSR count). The number of rotatable bonds is 20. The van der Waals surface area contributed by atoms with Crippen LogP contribution in [-0.2, 0) is 30.4 Å². The predicted molar refractivity (Wildman–Crippen MR) is 163 cm³/mol. The highest BCUT2D eigenvalue weighted by Gasteiger charge is 2.14. The van der Waals surface area contributed by atoms with Crippen molar-refractivity contribution in [3.63, 3.8) is 0 Å². The monoisotopic (exact) mass is 601 g/mol. The van der Waals surface area contributed by atoms with Crippen molar-refractivity contribution in [2.45, 2.75) is 51.6 Å². The number of hydrogen-bond acceptors (Lipinski definition) is 10. The first-order valence-corrected chi connectivity index (χ1v) is 17.7. The molecule has 0 saturated heterocycles. The first kappa shape index (κ1) is 34.5. The van der Waals surface area contributed by atoms with Gasteiger partial charge in [0, 0.05) is 32.7 Å². The van der Waals surface area contributed by atoms with E-state index in [1.54, 1.807) is 18.3 Å². The minimum Gasteiger partial charge on any atom is -0.494 e. The Morgan fingerprint density at radius 3 is 2.33 bits per heavy atom. The summed E-state index contributed by atoms with van der Waals surface area (Å²) in [5.74, 6) is 0.508. The molecule has 0 fully saturated rings. The van der Waals surface area contributed by atoms with Crippen LogP contribution in [0.3, 0.4) is 0 Å². The van der Waals surface area contributed by atoms with Gasteiger partial charge in [-0.05, 0) is 48.4 Å². The standard InChI is InChI=1S/C31H43NO9Si/c1-36-28-14-11-25(20-29(28)41-23-31(35)37-2)27(33)21-32-15-7-16-38-22-24-9-12-26(13-10-24)39-17-6-8-30(34)40-18-19-42(3,4)5/h9-15,20H,6-8,16-19,21-23H2,1-5H3. The lowest BCUT2D eigenvalue weighted by molar-refractivity contribution is -0.144. The van der Waals surface area contributed by atoms with Crippen LogP contribution in [0.15, 0.2) is 47.5 Å². The number of Topliss-reactive ketones (excluding diaryl/α,β-unsaturated/α-hetero) is 1. The van der Waals surface area contributed by atoms with Crippen LogP contribution in [-0.4, -0.2) is 79.2 Å². The minimum absolute atomic E-state index is 0.0238. The van der Waals surface area contributed by atoms with Gasteiger partial charge in [0.15, 0.2) is 23.9 Å². The van der Waals surface area contributed by atoms with Crippen LogP contribution >= 0.6 is 0 Å². The summed E-state index contributed by atoms with van der Waals surface area (Å²) in [5.41, 5.74) is 1.40. The smallest absolute Gasteiger partial charge is 0.343 e. The molecule has 0 spiro atoms. The van der Waals surface area contributed by atoms with Crippen molar-refractivity contribution in [2.24, 2.45) is 4.99 Å². The van der Waals surface area contributed by atoms with Gasteiger partial charge < -0.3 is 28.4 Å². The van der Waals surface area contributed by atoms with Gasteiger partial charge in [-0.1, -0.05) is 31.8 Å². The highest BCUT2D eigenvalue weighted by Crippen LogP contribution is 2.28. The van der Waals surface area contributed by atoms with E-state index in [9.17, 15) is 14.4 Å². The molecule has 0 heterocycles. The number of hydrogen-bond donors (Lipinski definition) is 0. The van der Waals surface area contributed by atoms with Gasteiger partial charge in [0.1, 0.15) is 12.3 Å². The van der Waals surface area contributed by atoms with Crippen molar-refractivity contribution in [1.82, 2.24) is 0 Å². The van der Waals surface area contributed by atoms with Crippen molar-refractivity contribution in [1.29, 1.82) is 0 Å². The van der Waals surface area contributed by atoms with E-state index in [1.165, 1.54) is 20.3 Å². The van der Waals surface area contributed by atoms with Crippen LogP contribution in [0.4, 0.5) is 0 Å². The molecular weight excluding hydrogens is 558 g/mol. The zero-order valence-electron chi connectivity index (χ0n) is 25.3. The lowest BCUT2D eigenvalue weighted by Gasteiger charge is -2.15. The van der Waals surface area contributed by atoms with Crippen molar-refractivity contribution in [3.8, 4) is 17.2 Å². The Balaban J connectivity index is 1.61. The molecule has 11 heteroatoms. The summed E-state index contributed by atoms with van der Waals surface area (Å²) < 4.78 is 31.9. The fourth-order valence-electron chi connectivity index (χ4n) is 3.45. The second-order valence-corrected chi connectivity index (χ2v) is 16.3. The van der Waals surface area contributed by atoms with Crippen LogP contribution in [0, 0.1) is 0 Å². The van der Waals surface area contributed by atoms with Crippen LogP contribution in [0.2, 0.25) is 25.7 Å². The van der Waals surface area contributed by atoms with Gasteiger partial charge in [0.25, 0.3) is 0 Å². The summed E-state index contributed by atoms with van der Waals surface area (Å²) in [4.78, 5) is 39.9. The van der Waals surface area contributed by atoms with E-state index in [2.05, 4.69) is 29.4 Å². The minimum atomic E-state index is -1.19. The summed E-state index contributed by atoms with van der Waals surface area (Å²) in [6.45, 7) is 8.30. The zero-order valence-corrected chi connectivity index (χ0v) is 26.3. The van der Waals surface area contributed by atoms with Crippen molar-refractivity contribution >= 4 is 32.0 Å². The first-order valence-electron chi connectivity index (χ1n) is 14.0. The molecule has 0 atom stereocenters. The second kappa shape index (κ2) is 18.7. The Labute approximate surface area is 249 Å². The van der Waals surface area contributed by atoms with Gasteiger partial charge in [-0.25, -0.2) is 4.79 Å². The Bertz CT molecular complexity index is 1160. The molecule has 2 aromatic rings. The molecule has 0 N–H and O–H groups in total. The maximum atomic E-state index is 12.5. The normalized spacial score (nSPS) is 11.3. The number of carbonyl (C=O) groups excluding carboxylic acids is 3. The number of carbonyl (C=O) groups is 3. The van der Waals surface area contributed by atoms with Crippen LogP contribution in [0.5, 0.6) is 17.2 Å². The summed E-state index contributed by atoms with van der Waals surface area (Å²) in [6.07, 6.45) is 3.18. The topological polar surface area (TPSA) is 119 Å². The van der Waals surface area contributed by atoms with E-state index in [-0.39, 0.29) is 30.7 Å². The average molecular weight is 602 g/mol. The summed E-state index contributed by atoms with van der Waals surface area (Å²) in [6, 6.07) is 13.3. The number of aliphatic imine (C=N–C) groups is 1. The van der Waals surface area contributed by atoms with Gasteiger partial charge in [0.2, 0.25) is 0 Å². The molecule has 0 aliphatic carbocycles. The maximum absolute atomic E-state index is 12.5. The van der Waals surface area contributed by atoms with Gasteiger partial charge in [-0.2, -0.15) is 0 Å². The van der Waals surface area contributed by atoms with Gasteiger partial charge in [0.05, 0.1) is 40.6 Å². The Morgan fingerprint density at radius 1 is 0.881 bits per heavy atom. The van der Waals surface area contributed by atoms with Gasteiger partial charge >= 0.3 is 11.9 Å². The number of benzene rings is 2. The second-order valence-electron chi connectivity index (χ2n) is 10.6. The molecular formula is C31H43NO9Si. The third kappa shape index (κ3) is 14.3. The van der Waals surface area contributed by atoms with E-state index in [0.29, 0.717) is 57.0 Å². The van der Waals surface area contributed by atoms with Crippen molar-refractivity contribution in [2.75, 3.05) is 47.2 Å². The summed E-state index contributed by atoms with van der Waals surface area (Å²) >= 11 is 0. The lowest BCUT2D eigenvalue weighted by atomic mass is 10.1. The molecule has 0 aromatic heterocycles. The first-order chi connectivity index (χ1) is 20.1. The Hall–Kier alpha value is -3.70. The maximum Gasteiger partial charge on any atom is 0.343 e. The van der Waals surface area contributed by atoms with Crippen molar-refractivity contribution < 1.29 is 42.8 Å². The fourth-order valence-corrected chi connectivity index (χ4v) is 4.16. The molecule has 0 unspecified atom stereocenters. The fraction of sp³-hybridized carbons (Fsp3) is 0.484. The number of methoxy groups -OCH3 is 2. The quantitative estimate of drug-likeness (QED) is 0.0667. The van der Waals surface area contributed by atoms with E-state index >= 15 is 0 Å². The molecule has 10 nitrogen and oxygen atoms in total. The molecule has 42 heavy (non-hydrogen) atoms. The third-order valence-corrected chi connectivity index (χ3v) is 7.62. The van der Waals surface area contributed by atoms with Crippen LogP contribution < -0.4 is 14.2 Å². The van der Waals surface area contributed by atoms with Crippen molar-refractivity contribution in [3.05, 3.63) is 53.6 Å². The van der Waals surface area contributed by atoms with E-state index in [0.717, 1.165) is 17.4 Å². The SMILES string of the molecule is COC(=O)COc1cc(C(=O)CN=CCCOCc2ccc(OCCCC(=O)OCC[Si](C)(C)C)cc2)ccc1OC. The third-order valence-electron chi connectivity index (χ3n) is 5.92. The van der Waals surface area contributed by atoms with E-state index < -0.39 is 14.0 Å². The molecule has 0 aliphatic heterocycles. The van der Waals surface area contributed by atoms with Gasteiger partial charge in [-0.3, -0.25) is 14.6 Å². The predicted octanol–water partition coefficient (Wildman–Crippen LogP) is 5.15. The molecule has 0 amide bonds. The molecule has 0 saturated carbocycles. The van der Waals surface area contributed by atoms with Gasteiger partial charge in [-0.15, -0.1) is 0 Å². The molecule has 230 valence electrons. The number of ketones is 1. The zero-order chi connectivity index (χ0) is 30.8. The van der Waals surface area contributed by atoms with E-state index in [4.69, 9.17) is 23.7 Å². The number of ether oxygens (including phenoxy) is 6. The summed E-state index contributed by atoms with van der Waals surface area (Å²) in [5, 5.41) is 0. The highest BCUT2D eigenvalue weighted by atomic mass is 28.3. The van der Waals surface area contributed by atoms with Crippen LogP contribution in [0.1, 0.15) is 35.2 Å². The Morgan fingerprint density at radius 2 is 1.64 bits per heavy atom. The summed E-state index contributed by atoms with van der Waals surface area (Å²) in [7, 11) is 1.54. The largest absolute Gasteiger partial charge is 0.494 e. The highest BCUT2D eigenvalue weighted by molar-refractivity contribution is 6.76. The lowest BCUT2D eigenvalue weighted by Crippen LogP contribution is -2.22. The molecule has 0 bridgehead atoms. The number of esters is 2. The molecule has 2 aromatic carbocycles. The average Bonchev–Trinajstić information content (AvgIpc) is 2.97. The molecule has 0 aliphatic rings. The number of nitrogens with zero attached hydrogens (tertiary/aromatic N) is 1. The Kier molecular flexibility index (Phi) is 15.3. The van der Waals surface area contributed by atoms with E-state index in [1.807, 2.05) is 24.3 Å².